The molecule has 0 saturated heterocycles. The van der Waals surface area contributed by atoms with Gasteiger partial charge in [-0.25, -0.2) is 4.79 Å². The molecule has 0 atom stereocenters. The fourth-order valence-electron chi connectivity index (χ4n) is 4.06. The number of hydrogen-bond acceptors (Lipinski definition) is 4. The predicted octanol–water partition coefficient (Wildman–Crippen LogP) is 3.63. The van der Waals surface area contributed by atoms with Crippen LogP contribution in [0.1, 0.15) is 43.7 Å². The van der Waals surface area contributed by atoms with Crippen molar-refractivity contribution in [2.45, 2.75) is 38.1 Å². The third-order valence-electron chi connectivity index (χ3n) is 5.71. The number of ether oxygens (including phenoxy) is 1. The average Bonchev–Trinajstić information content (AvgIpc) is 3.09. The normalized spacial score (nSPS) is 12.3. The van der Waals surface area contributed by atoms with Crippen LogP contribution in [0.4, 0.5) is 4.79 Å². The molecule has 33 heavy (non-hydrogen) atoms. The highest BCUT2D eigenvalue weighted by molar-refractivity contribution is 5.82. The lowest BCUT2D eigenvalue weighted by Gasteiger charge is -2.27. The lowest BCUT2D eigenvalue weighted by Crippen LogP contribution is -2.45. The first-order valence-corrected chi connectivity index (χ1v) is 10.8. The molecule has 0 spiro atoms. The summed E-state index contributed by atoms with van der Waals surface area (Å²) in [5, 5.41) is 11.7. The summed E-state index contributed by atoms with van der Waals surface area (Å²) in [4.78, 5) is 36.9. The number of carboxylic acid groups (broad SMARTS) is 1. The van der Waals surface area contributed by atoms with Crippen LogP contribution in [-0.4, -0.2) is 53.2 Å². The topological polar surface area (TPSA) is 95.9 Å². The summed E-state index contributed by atoms with van der Waals surface area (Å²) in [6.45, 7) is 3.23. The maximum atomic E-state index is 12.5. The third kappa shape index (κ3) is 5.92. The van der Waals surface area contributed by atoms with Gasteiger partial charge in [0.15, 0.2) is 0 Å². The molecule has 0 radical (unpaired) electrons. The van der Waals surface area contributed by atoms with Crippen LogP contribution in [0.3, 0.4) is 0 Å². The van der Waals surface area contributed by atoms with Gasteiger partial charge in [0.05, 0.1) is 6.54 Å². The van der Waals surface area contributed by atoms with Crippen molar-refractivity contribution in [3.05, 3.63) is 59.7 Å². The molecule has 0 unspecified atom stereocenters. The Morgan fingerprint density at radius 3 is 2.21 bits per heavy atom. The van der Waals surface area contributed by atoms with Crippen LogP contribution in [0.15, 0.2) is 48.5 Å². The summed E-state index contributed by atoms with van der Waals surface area (Å²) in [6.07, 6.45) is 5.01. The largest absolute Gasteiger partial charge is 0.480 e. The summed E-state index contributed by atoms with van der Waals surface area (Å²) >= 11 is 0. The van der Waals surface area contributed by atoms with E-state index in [1.807, 2.05) is 24.3 Å². The second-order valence-electron chi connectivity index (χ2n) is 8.68. The molecular formula is C26H28N2O5. The lowest BCUT2D eigenvalue weighted by atomic mass is 9.98. The molecule has 0 fully saturated rings. The molecule has 7 heteroatoms. The van der Waals surface area contributed by atoms with E-state index in [1.54, 1.807) is 13.8 Å². The van der Waals surface area contributed by atoms with Crippen molar-refractivity contribution in [2.24, 2.45) is 0 Å². The number of nitrogens with one attached hydrogen (secondary N) is 1. The zero-order valence-corrected chi connectivity index (χ0v) is 18.8. The van der Waals surface area contributed by atoms with Crippen LogP contribution in [0.2, 0.25) is 0 Å². The minimum absolute atomic E-state index is 0.0406. The molecule has 0 heterocycles. The van der Waals surface area contributed by atoms with Gasteiger partial charge in [-0.3, -0.25) is 9.59 Å². The van der Waals surface area contributed by atoms with Crippen molar-refractivity contribution in [3.8, 4) is 23.5 Å². The van der Waals surface area contributed by atoms with E-state index in [0.717, 1.165) is 27.2 Å². The van der Waals surface area contributed by atoms with Crippen LogP contribution in [0, 0.1) is 12.3 Å². The van der Waals surface area contributed by atoms with E-state index in [9.17, 15) is 14.4 Å². The smallest absolute Gasteiger partial charge is 0.407 e. The number of fused-ring (bicyclic) bond motifs is 3. The van der Waals surface area contributed by atoms with Gasteiger partial charge in [-0.1, -0.05) is 54.5 Å². The first kappa shape index (κ1) is 23.9. The summed E-state index contributed by atoms with van der Waals surface area (Å²) in [5.41, 5.74) is 3.83. The SMILES string of the molecule is C#CCN(CC(=O)O)C(=O)CCC(C)(C)NC(=O)OCC1c2ccccc2-c2ccccc21. The standard InChI is InChI=1S/C26H28N2O5/c1-4-15-28(16-24(30)31)23(29)13-14-26(2,3)27-25(32)33-17-22-20-11-7-5-9-18(20)19-10-6-8-12-21(19)22/h1,5-12,22H,13-17H2,2-3H3,(H,27,32)(H,30,31). The summed E-state index contributed by atoms with van der Waals surface area (Å²) in [6, 6.07) is 16.2. The summed E-state index contributed by atoms with van der Waals surface area (Å²) in [7, 11) is 0. The van der Waals surface area contributed by atoms with Gasteiger partial charge < -0.3 is 20.1 Å². The number of carbonyl (C=O) groups excluding carboxylic acids is 2. The summed E-state index contributed by atoms with van der Waals surface area (Å²) in [5.74, 6) is 0.745. The van der Waals surface area contributed by atoms with E-state index in [-0.39, 0.29) is 31.4 Å². The number of alkyl carbamates (subject to hydrolysis) is 1. The Morgan fingerprint density at radius 1 is 1.09 bits per heavy atom. The number of amides is 2. The van der Waals surface area contributed by atoms with Crippen LogP contribution in [0.25, 0.3) is 11.1 Å². The fraction of sp³-hybridized carbons (Fsp3) is 0.346. The molecule has 0 aliphatic heterocycles. The van der Waals surface area contributed by atoms with Gasteiger partial charge >= 0.3 is 12.1 Å². The molecule has 2 amide bonds. The van der Waals surface area contributed by atoms with Crippen molar-refractivity contribution in [3.63, 3.8) is 0 Å². The zero-order valence-electron chi connectivity index (χ0n) is 18.8. The predicted molar refractivity (Wildman–Crippen MR) is 125 cm³/mol. The zero-order chi connectivity index (χ0) is 24.0. The van der Waals surface area contributed by atoms with E-state index in [2.05, 4.69) is 35.5 Å². The first-order valence-electron chi connectivity index (χ1n) is 10.8. The van der Waals surface area contributed by atoms with Gasteiger partial charge in [0.25, 0.3) is 0 Å². The second kappa shape index (κ2) is 10.2. The summed E-state index contributed by atoms with van der Waals surface area (Å²) < 4.78 is 5.57. The molecule has 0 bridgehead atoms. The minimum Gasteiger partial charge on any atom is -0.480 e. The van der Waals surface area contributed by atoms with E-state index >= 15 is 0 Å². The molecule has 2 N–H and O–H groups in total. The van der Waals surface area contributed by atoms with Gasteiger partial charge in [0, 0.05) is 17.9 Å². The van der Waals surface area contributed by atoms with Gasteiger partial charge in [-0.15, -0.1) is 6.42 Å². The Bertz CT molecular complexity index is 1040. The van der Waals surface area contributed by atoms with Crippen molar-refractivity contribution >= 4 is 18.0 Å². The molecule has 2 aromatic carbocycles. The number of carbonyl (C=O) groups is 3. The Kier molecular flexibility index (Phi) is 7.39. The van der Waals surface area contributed by atoms with Gasteiger partial charge in [0.2, 0.25) is 5.91 Å². The average molecular weight is 449 g/mol. The highest BCUT2D eigenvalue weighted by atomic mass is 16.5. The van der Waals surface area contributed by atoms with E-state index in [0.29, 0.717) is 6.42 Å². The maximum absolute atomic E-state index is 12.5. The quantitative estimate of drug-likeness (QED) is 0.571. The number of nitrogens with zero attached hydrogens (tertiary/aromatic N) is 1. The number of aliphatic carboxylic acids is 1. The highest BCUT2D eigenvalue weighted by Crippen LogP contribution is 2.44. The Morgan fingerprint density at radius 2 is 1.67 bits per heavy atom. The molecule has 172 valence electrons. The molecule has 7 nitrogen and oxygen atoms in total. The van der Waals surface area contributed by atoms with E-state index in [1.165, 1.54) is 0 Å². The molecule has 3 rings (SSSR count). The molecule has 1 aliphatic carbocycles. The number of benzene rings is 2. The maximum Gasteiger partial charge on any atom is 0.407 e. The molecule has 2 aromatic rings. The molecule has 1 aliphatic rings. The highest BCUT2D eigenvalue weighted by Gasteiger charge is 2.30. The number of hydrogen-bond donors (Lipinski definition) is 2. The number of rotatable bonds is 9. The Balaban J connectivity index is 1.56. The van der Waals surface area contributed by atoms with Crippen molar-refractivity contribution in [1.82, 2.24) is 10.2 Å². The molecule has 0 aromatic heterocycles. The van der Waals surface area contributed by atoms with Crippen molar-refractivity contribution in [1.29, 1.82) is 0 Å². The van der Waals surface area contributed by atoms with Crippen molar-refractivity contribution < 1.29 is 24.2 Å². The van der Waals surface area contributed by atoms with Crippen molar-refractivity contribution in [2.75, 3.05) is 19.7 Å². The van der Waals surface area contributed by atoms with Crippen LogP contribution < -0.4 is 5.32 Å². The van der Waals surface area contributed by atoms with Gasteiger partial charge in [0.1, 0.15) is 13.2 Å². The van der Waals surface area contributed by atoms with Gasteiger partial charge in [-0.05, 0) is 42.5 Å². The number of terminal acetylenes is 1. The monoisotopic (exact) mass is 448 g/mol. The van der Waals surface area contributed by atoms with E-state index in [4.69, 9.17) is 16.3 Å². The Labute approximate surface area is 193 Å². The molecular weight excluding hydrogens is 420 g/mol. The fourth-order valence-corrected chi connectivity index (χ4v) is 4.06. The Hall–Kier alpha value is -3.79. The van der Waals surface area contributed by atoms with E-state index < -0.39 is 24.1 Å². The van der Waals surface area contributed by atoms with Gasteiger partial charge in [-0.2, -0.15) is 0 Å². The minimum atomic E-state index is -1.13. The number of carboxylic acids is 1. The first-order chi connectivity index (χ1) is 15.7. The lowest BCUT2D eigenvalue weighted by molar-refractivity contribution is -0.144. The molecule has 0 saturated carbocycles. The van der Waals surface area contributed by atoms with Crippen LogP contribution in [0.5, 0.6) is 0 Å². The third-order valence-corrected chi connectivity index (χ3v) is 5.71. The van der Waals surface area contributed by atoms with Crippen LogP contribution in [-0.2, 0) is 14.3 Å². The second-order valence-corrected chi connectivity index (χ2v) is 8.68. The van der Waals surface area contributed by atoms with Crippen LogP contribution >= 0.6 is 0 Å².